The van der Waals surface area contributed by atoms with Crippen LogP contribution in [0.15, 0.2) is 97.2 Å². The summed E-state index contributed by atoms with van der Waals surface area (Å²) in [5.41, 5.74) is 3.61. The van der Waals surface area contributed by atoms with Crippen molar-refractivity contribution in [3.8, 4) is 0 Å². The fraction of sp³-hybridized carbons (Fsp3) is 0.214. The molecule has 1 aliphatic rings. The number of hydrogen-bond donors (Lipinski definition) is 2. The summed E-state index contributed by atoms with van der Waals surface area (Å²) >= 11 is 0. The highest BCUT2D eigenvalue weighted by Gasteiger charge is 2.37. The van der Waals surface area contributed by atoms with E-state index in [1.54, 1.807) is 6.20 Å². The number of rotatable bonds is 5. The molecule has 0 fully saturated rings. The number of benzene rings is 3. The molecule has 5 rings (SSSR count). The molecule has 0 aliphatic carbocycles. The molecule has 0 bridgehead atoms. The number of carbonyl (C=O) groups is 1. The third-order valence-corrected chi connectivity index (χ3v) is 6.35. The summed E-state index contributed by atoms with van der Waals surface area (Å²) in [4.78, 5) is 13.6. The molecular weight excluding hydrogens is 408 g/mol. The standard InChI is InChI=1S/C28H28N4O/c1-28(2)18-24(20-12-6-3-7-13-20)30-26-23(19-29-32(26)28)27(33)31-25(21-14-8-4-9-15-21)22-16-10-5-11-17-22/h3-17,19,24-25,30H,18H2,1-2H3,(H,31,33). The first kappa shape index (κ1) is 21.0. The molecule has 33 heavy (non-hydrogen) atoms. The van der Waals surface area contributed by atoms with Crippen LogP contribution in [0.1, 0.15) is 59.4 Å². The largest absolute Gasteiger partial charge is 0.363 e. The van der Waals surface area contributed by atoms with Crippen LogP contribution in [-0.4, -0.2) is 15.7 Å². The van der Waals surface area contributed by atoms with Crippen LogP contribution in [-0.2, 0) is 5.54 Å². The Labute approximate surface area is 194 Å². The predicted molar refractivity (Wildman–Crippen MR) is 131 cm³/mol. The minimum absolute atomic E-state index is 0.107. The van der Waals surface area contributed by atoms with Crippen molar-refractivity contribution in [1.82, 2.24) is 15.1 Å². The number of aromatic nitrogens is 2. The molecule has 0 saturated carbocycles. The Kier molecular flexibility index (Phi) is 5.47. The molecule has 166 valence electrons. The zero-order valence-electron chi connectivity index (χ0n) is 18.9. The van der Waals surface area contributed by atoms with Crippen LogP contribution in [0, 0.1) is 0 Å². The first-order chi connectivity index (χ1) is 16.0. The number of nitrogens with one attached hydrogen (secondary N) is 2. The Bertz CT molecular complexity index is 1190. The predicted octanol–water partition coefficient (Wildman–Crippen LogP) is 5.69. The highest BCUT2D eigenvalue weighted by atomic mass is 16.1. The lowest BCUT2D eigenvalue weighted by Crippen LogP contribution is -2.38. The van der Waals surface area contributed by atoms with Crippen molar-refractivity contribution < 1.29 is 4.79 Å². The van der Waals surface area contributed by atoms with Gasteiger partial charge in [-0.1, -0.05) is 91.0 Å². The molecule has 1 atom stereocenters. The zero-order valence-corrected chi connectivity index (χ0v) is 18.9. The molecule has 1 unspecified atom stereocenters. The second kappa shape index (κ2) is 8.58. The van der Waals surface area contributed by atoms with Crippen LogP contribution in [0.2, 0.25) is 0 Å². The molecule has 0 saturated heterocycles. The molecule has 4 aromatic rings. The summed E-state index contributed by atoms with van der Waals surface area (Å²) in [7, 11) is 0. The zero-order chi connectivity index (χ0) is 22.8. The molecule has 1 amide bonds. The van der Waals surface area contributed by atoms with Crippen LogP contribution >= 0.6 is 0 Å². The number of hydrogen-bond acceptors (Lipinski definition) is 3. The van der Waals surface area contributed by atoms with Crippen molar-refractivity contribution in [2.45, 2.75) is 37.9 Å². The van der Waals surface area contributed by atoms with Crippen LogP contribution in [0.3, 0.4) is 0 Å². The third-order valence-electron chi connectivity index (χ3n) is 6.35. The second-order valence-electron chi connectivity index (χ2n) is 9.17. The molecule has 5 nitrogen and oxygen atoms in total. The maximum atomic E-state index is 13.6. The summed E-state index contributed by atoms with van der Waals surface area (Å²) in [6, 6.07) is 30.3. The van der Waals surface area contributed by atoms with Crippen LogP contribution in [0.5, 0.6) is 0 Å². The summed E-state index contributed by atoms with van der Waals surface area (Å²) in [6.45, 7) is 4.33. The molecule has 2 heterocycles. The van der Waals surface area contributed by atoms with E-state index in [9.17, 15) is 4.79 Å². The Morgan fingerprint density at radius 2 is 1.48 bits per heavy atom. The minimum Gasteiger partial charge on any atom is -0.363 e. The van der Waals surface area contributed by atoms with Crippen molar-refractivity contribution in [2.75, 3.05) is 5.32 Å². The molecule has 2 N–H and O–H groups in total. The monoisotopic (exact) mass is 436 g/mol. The Morgan fingerprint density at radius 3 is 2.06 bits per heavy atom. The van der Waals surface area contributed by atoms with Gasteiger partial charge in [0.1, 0.15) is 11.4 Å². The highest BCUT2D eigenvalue weighted by Crippen LogP contribution is 2.40. The summed E-state index contributed by atoms with van der Waals surface area (Å²) in [6.07, 6.45) is 2.56. The van der Waals surface area contributed by atoms with Gasteiger partial charge in [-0.2, -0.15) is 5.10 Å². The van der Waals surface area contributed by atoms with Gasteiger partial charge in [-0.25, -0.2) is 4.68 Å². The number of carbonyl (C=O) groups excluding carboxylic acids is 1. The van der Waals surface area contributed by atoms with Crippen LogP contribution < -0.4 is 10.6 Å². The van der Waals surface area contributed by atoms with Crippen molar-refractivity contribution in [3.05, 3.63) is 119 Å². The van der Waals surface area contributed by atoms with Crippen molar-refractivity contribution in [3.63, 3.8) is 0 Å². The SMILES string of the molecule is CC1(C)CC(c2ccccc2)Nc2c(C(=O)NC(c3ccccc3)c3ccccc3)cnn21. The average Bonchev–Trinajstić information content (AvgIpc) is 3.29. The van der Waals surface area contributed by atoms with E-state index in [2.05, 4.69) is 41.7 Å². The highest BCUT2D eigenvalue weighted by molar-refractivity contribution is 5.99. The van der Waals surface area contributed by atoms with Crippen molar-refractivity contribution in [2.24, 2.45) is 0 Å². The fourth-order valence-corrected chi connectivity index (χ4v) is 4.66. The van der Waals surface area contributed by atoms with Gasteiger partial charge >= 0.3 is 0 Å². The van der Waals surface area contributed by atoms with E-state index in [4.69, 9.17) is 0 Å². The van der Waals surface area contributed by atoms with Gasteiger partial charge in [0.05, 0.1) is 23.8 Å². The Hall–Kier alpha value is -3.86. The Morgan fingerprint density at radius 1 is 0.939 bits per heavy atom. The lowest BCUT2D eigenvalue weighted by molar-refractivity contribution is 0.0943. The maximum absolute atomic E-state index is 13.6. The van der Waals surface area contributed by atoms with Gasteiger partial charge in [-0.15, -0.1) is 0 Å². The van der Waals surface area contributed by atoms with Crippen molar-refractivity contribution in [1.29, 1.82) is 0 Å². The molecule has 1 aliphatic heterocycles. The average molecular weight is 437 g/mol. The Balaban J connectivity index is 1.48. The maximum Gasteiger partial charge on any atom is 0.257 e. The van der Waals surface area contributed by atoms with E-state index in [0.717, 1.165) is 23.4 Å². The van der Waals surface area contributed by atoms with E-state index in [0.29, 0.717) is 5.56 Å². The van der Waals surface area contributed by atoms with Gasteiger partial charge in [-0.3, -0.25) is 4.79 Å². The second-order valence-corrected chi connectivity index (χ2v) is 9.17. The van der Waals surface area contributed by atoms with E-state index in [-0.39, 0.29) is 23.5 Å². The van der Waals surface area contributed by atoms with Gasteiger partial charge < -0.3 is 10.6 Å². The molecule has 3 aromatic carbocycles. The summed E-state index contributed by atoms with van der Waals surface area (Å²) < 4.78 is 1.95. The van der Waals surface area contributed by atoms with Gasteiger partial charge in [0, 0.05) is 0 Å². The quantitative estimate of drug-likeness (QED) is 0.422. The smallest absolute Gasteiger partial charge is 0.257 e. The first-order valence-electron chi connectivity index (χ1n) is 11.3. The molecule has 5 heteroatoms. The third kappa shape index (κ3) is 4.14. The van der Waals surface area contributed by atoms with E-state index >= 15 is 0 Å². The normalized spacial score (nSPS) is 16.6. The summed E-state index contributed by atoms with van der Waals surface area (Å²) in [5, 5.41) is 11.4. The van der Waals surface area contributed by atoms with Gasteiger partial charge in [0.15, 0.2) is 0 Å². The van der Waals surface area contributed by atoms with E-state index in [1.165, 1.54) is 5.56 Å². The number of anilines is 1. The van der Waals surface area contributed by atoms with Crippen LogP contribution in [0.4, 0.5) is 5.82 Å². The topological polar surface area (TPSA) is 59.0 Å². The fourth-order valence-electron chi connectivity index (χ4n) is 4.66. The number of amides is 1. The minimum atomic E-state index is -0.253. The molecule has 0 radical (unpaired) electrons. The lowest BCUT2D eigenvalue weighted by atomic mass is 9.89. The lowest BCUT2D eigenvalue weighted by Gasteiger charge is -2.38. The van der Waals surface area contributed by atoms with Crippen molar-refractivity contribution >= 4 is 11.7 Å². The van der Waals surface area contributed by atoms with Crippen LogP contribution in [0.25, 0.3) is 0 Å². The van der Waals surface area contributed by atoms with E-state index in [1.807, 2.05) is 83.5 Å². The number of nitrogens with zero attached hydrogens (tertiary/aromatic N) is 2. The first-order valence-corrected chi connectivity index (χ1v) is 11.3. The van der Waals surface area contributed by atoms with Gasteiger partial charge in [-0.05, 0) is 37.0 Å². The van der Waals surface area contributed by atoms with E-state index < -0.39 is 0 Å². The molecular formula is C28H28N4O. The van der Waals surface area contributed by atoms with Gasteiger partial charge in [0.25, 0.3) is 5.91 Å². The number of fused-ring (bicyclic) bond motifs is 1. The summed E-state index contributed by atoms with van der Waals surface area (Å²) in [5.74, 6) is 0.614. The van der Waals surface area contributed by atoms with Gasteiger partial charge in [0.2, 0.25) is 0 Å². The molecule has 0 spiro atoms. The molecule has 1 aromatic heterocycles.